The number of allylic oxidation sites excluding steroid dienone is 1. The average molecular weight is 292 g/mol. The molecule has 0 amide bonds. The van der Waals surface area contributed by atoms with Gasteiger partial charge in [-0.25, -0.2) is 0 Å². The van der Waals surface area contributed by atoms with Gasteiger partial charge in [0, 0.05) is 17.8 Å². The molecule has 0 saturated carbocycles. The number of carbonyl (C=O) groups excluding carboxylic acids is 1. The lowest BCUT2D eigenvalue weighted by atomic mass is 10.2. The van der Waals surface area contributed by atoms with E-state index in [0.717, 1.165) is 12.1 Å². The van der Waals surface area contributed by atoms with Crippen molar-refractivity contribution < 1.29 is 23.3 Å². The highest BCUT2D eigenvalue weighted by atomic mass is 35.5. The molecule has 0 unspecified atom stereocenters. The molecular weight excluding hydrogens is 281 g/mol. The molecule has 0 bridgehead atoms. The van der Waals surface area contributed by atoms with Gasteiger partial charge in [-0.15, -0.1) is 0 Å². The fourth-order valence-electron chi connectivity index (χ4n) is 1.32. The predicted octanol–water partition coefficient (Wildman–Crippen LogP) is 2.59. The maximum atomic E-state index is 12.4. The molecule has 0 aliphatic carbocycles. The molecule has 102 valence electrons. The van der Waals surface area contributed by atoms with Crippen LogP contribution in [-0.2, 0) is 11.0 Å². The van der Waals surface area contributed by atoms with Gasteiger partial charge in [-0.3, -0.25) is 10.1 Å². The van der Waals surface area contributed by atoms with Gasteiger partial charge in [0.05, 0.1) is 5.56 Å². The van der Waals surface area contributed by atoms with Crippen LogP contribution in [0.4, 0.5) is 18.9 Å². The highest BCUT2D eigenvalue weighted by Gasteiger charge is 2.30. The first kappa shape index (κ1) is 15.4. The van der Waals surface area contributed by atoms with Crippen LogP contribution in [0, 0.1) is 5.41 Å². The lowest BCUT2D eigenvalue weighted by Crippen LogP contribution is -2.74. The fraction of sp³-hybridized carbons (Fsp3) is 0.167. The van der Waals surface area contributed by atoms with Gasteiger partial charge in [-0.05, 0) is 30.7 Å². The first-order valence-electron chi connectivity index (χ1n) is 5.18. The van der Waals surface area contributed by atoms with Crippen LogP contribution in [0.15, 0.2) is 35.0 Å². The van der Waals surface area contributed by atoms with Gasteiger partial charge in [0.2, 0.25) is 5.16 Å². The summed E-state index contributed by atoms with van der Waals surface area (Å²) in [7, 11) is 0. The van der Waals surface area contributed by atoms with Crippen LogP contribution >= 0.6 is 11.6 Å². The van der Waals surface area contributed by atoms with Gasteiger partial charge in [-0.2, -0.15) is 13.2 Å². The number of carbonyl (C=O) groups is 1. The van der Waals surface area contributed by atoms with Crippen molar-refractivity contribution in [2.75, 3.05) is 0 Å². The summed E-state index contributed by atoms with van der Waals surface area (Å²) in [6.07, 6.45) is -3.96. The number of halogens is 4. The fourth-order valence-corrected chi connectivity index (χ4v) is 1.63. The monoisotopic (exact) mass is 291 g/mol. The van der Waals surface area contributed by atoms with Gasteiger partial charge >= 0.3 is 6.18 Å². The lowest BCUT2D eigenvalue weighted by Gasteiger charge is -2.06. The van der Waals surface area contributed by atoms with Crippen molar-refractivity contribution in [3.05, 3.63) is 40.6 Å². The molecule has 19 heavy (non-hydrogen) atoms. The molecule has 0 aliphatic rings. The highest BCUT2D eigenvalue weighted by Crippen LogP contribution is 2.29. The normalized spacial score (nSPS) is 12.9. The van der Waals surface area contributed by atoms with Crippen molar-refractivity contribution in [2.45, 2.75) is 13.1 Å². The highest BCUT2D eigenvalue weighted by molar-refractivity contribution is 6.33. The first-order chi connectivity index (χ1) is 8.75. The van der Waals surface area contributed by atoms with E-state index < -0.39 is 11.7 Å². The Morgan fingerprint density at radius 3 is 2.21 bits per heavy atom. The third-order valence-electron chi connectivity index (χ3n) is 2.31. The maximum Gasteiger partial charge on any atom is 0.416 e. The minimum Gasteiger partial charge on any atom is -0.305 e. The van der Waals surface area contributed by atoms with Gasteiger partial charge in [0.15, 0.2) is 6.29 Å². The number of alkyl halides is 3. The number of aldehydes is 1. The van der Waals surface area contributed by atoms with Gasteiger partial charge < -0.3 is 5.41 Å². The van der Waals surface area contributed by atoms with E-state index in [1.807, 2.05) is 0 Å². The molecule has 0 fully saturated rings. The third-order valence-corrected chi connectivity index (χ3v) is 2.62. The summed E-state index contributed by atoms with van der Waals surface area (Å²) in [6, 6.07) is 4.33. The van der Waals surface area contributed by atoms with Crippen LogP contribution in [0.25, 0.3) is 0 Å². The summed E-state index contributed by atoms with van der Waals surface area (Å²) in [4.78, 5) is 10.7. The smallest absolute Gasteiger partial charge is 0.305 e. The predicted molar refractivity (Wildman–Crippen MR) is 65.4 cm³/mol. The Kier molecular flexibility index (Phi) is 4.85. The Bertz CT molecular complexity index is 521. The van der Waals surface area contributed by atoms with Crippen LogP contribution in [-0.4, -0.2) is 12.0 Å². The van der Waals surface area contributed by atoms with E-state index in [2.05, 4.69) is 0 Å². The Morgan fingerprint density at radius 2 is 1.84 bits per heavy atom. The second-order valence-corrected chi connectivity index (χ2v) is 4.18. The van der Waals surface area contributed by atoms with Gasteiger partial charge in [0.25, 0.3) is 0 Å². The second-order valence-electron chi connectivity index (χ2n) is 3.77. The summed E-state index contributed by atoms with van der Waals surface area (Å²) in [6.45, 7) is 1.40. The molecule has 0 heterocycles. The van der Waals surface area contributed by atoms with E-state index >= 15 is 0 Å². The number of rotatable bonds is 4. The van der Waals surface area contributed by atoms with Crippen molar-refractivity contribution in [2.24, 2.45) is 0 Å². The number of hydrogen-bond donors (Lipinski definition) is 2. The number of nitrogens with one attached hydrogen (secondary N) is 1. The summed E-state index contributed by atoms with van der Waals surface area (Å²) >= 11 is 5.84. The molecule has 0 spiro atoms. The largest absolute Gasteiger partial charge is 0.416 e. The molecule has 1 aromatic rings. The molecule has 7 heteroatoms. The van der Waals surface area contributed by atoms with Crippen molar-refractivity contribution in [1.82, 2.24) is 0 Å². The number of quaternary nitrogens is 1. The van der Waals surface area contributed by atoms with E-state index in [4.69, 9.17) is 17.0 Å². The molecule has 0 aromatic heterocycles. The van der Waals surface area contributed by atoms with Crippen LogP contribution in [0.3, 0.4) is 0 Å². The molecule has 1 aromatic carbocycles. The standard InChI is InChI=1S/C12H10ClF3N2O/c1-7(17)10(6-19)11(13)18-9-4-2-8(3-5-9)12(14,15)16/h2-6,17-18H,1H3/p+1/b11-10-,17-7?. The molecule has 0 aliphatic heterocycles. The van der Waals surface area contributed by atoms with Crippen LogP contribution in [0.1, 0.15) is 12.5 Å². The number of benzene rings is 1. The van der Waals surface area contributed by atoms with Crippen molar-refractivity contribution in [3.8, 4) is 0 Å². The summed E-state index contributed by atoms with van der Waals surface area (Å²) < 4.78 is 37.1. The minimum atomic E-state index is -4.39. The lowest BCUT2D eigenvalue weighted by molar-refractivity contribution is -0.506. The van der Waals surface area contributed by atoms with Crippen LogP contribution in [0.2, 0.25) is 0 Å². The van der Waals surface area contributed by atoms with Crippen LogP contribution < -0.4 is 5.32 Å². The SMILES string of the molecule is CC(=N)/C(C=O)=C(/Cl)[NH2+]c1ccc(C(F)(F)F)cc1. The van der Waals surface area contributed by atoms with Crippen molar-refractivity contribution >= 4 is 29.3 Å². The van der Waals surface area contributed by atoms with E-state index in [1.54, 1.807) is 0 Å². The molecule has 0 radical (unpaired) electrons. The summed E-state index contributed by atoms with van der Waals surface area (Å²) in [5.74, 6) is 0. The molecule has 0 atom stereocenters. The maximum absolute atomic E-state index is 12.4. The van der Waals surface area contributed by atoms with E-state index in [0.29, 0.717) is 12.0 Å². The Hall–Kier alpha value is -1.66. The van der Waals surface area contributed by atoms with E-state index in [-0.39, 0.29) is 16.4 Å². The van der Waals surface area contributed by atoms with E-state index in [1.165, 1.54) is 24.4 Å². The number of nitrogens with two attached hydrogens (primary N) is 1. The van der Waals surface area contributed by atoms with Crippen LogP contribution in [0.5, 0.6) is 0 Å². The zero-order valence-corrected chi connectivity index (χ0v) is 10.6. The molecular formula is C12H11ClF3N2O+. The minimum absolute atomic E-state index is 0.00145. The molecule has 1 rings (SSSR count). The van der Waals surface area contributed by atoms with Crippen molar-refractivity contribution in [1.29, 1.82) is 5.41 Å². The topological polar surface area (TPSA) is 57.5 Å². The van der Waals surface area contributed by atoms with Gasteiger partial charge in [-0.1, -0.05) is 0 Å². The molecule has 3 N–H and O–H groups in total. The molecule has 3 nitrogen and oxygen atoms in total. The summed E-state index contributed by atoms with van der Waals surface area (Å²) in [5, 5.41) is 8.67. The van der Waals surface area contributed by atoms with Gasteiger partial charge in [0.1, 0.15) is 11.3 Å². The Labute approximate surface area is 112 Å². The third kappa shape index (κ3) is 4.18. The first-order valence-corrected chi connectivity index (χ1v) is 5.56. The average Bonchev–Trinajstić information content (AvgIpc) is 2.28. The molecule has 0 saturated heterocycles. The Morgan fingerprint density at radius 1 is 1.32 bits per heavy atom. The van der Waals surface area contributed by atoms with Crippen molar-refractivity contribution in [3.63, 3.8) is 0 Å². The van der Waals surface area contributed by atoms with E-state index in [9.17, 15) is 18.0 Å². The second kappa shape index (κ2) is 5.99. The quantitative estimate of drug-likeness (QED) is 0.289. The number of hydrogen-bond acceptors (Lipinski definition) is 2. The zero-order valence-electron chi connectivity index (χ0n) is 9.88. The zero-order chi connectivity index (χ0) is 14.6. The summed E-state index contributed by atoms with van der Waals surface area (Å²) in [5.41, 5.74) is -0.355. The Balaban J connectivity index is 2.96.